The molecule has 3 aromatic rings. The fraction of sp³-hybridized carbons (Fsp3) is 0.606. The van der Waals surface area contributed by atoms with Gasteiger partial charge in [-0.3, -0.25) is 14.6 Å². The smallest absolute Gasteiger partial charge is 0.245 e. The first-order valence-corrected chi connectivity index (χ1v) is 18.9. The summed E-state index contributed by atoms with van der Waals surface area (Å²) in [5, 5.41) is 14.6. The Kier molecular flexibility index (Phi) is 8.01. The molecule has 248 valence electrons. The van der Waals surface area contributed by atoms with Crippen molar-refractivity contribution < 1.29 is 13.2 Å². The van der Waals surface area contributed by atoms with Gasteiger partial charge in [-0.15, -0.1) is 0 Å². The van der Waals surface area contributed by atoms with Gasteiger partial charge in [0.05, 0.1) is 39.3 Å². The van der Waals surface area contributed by atoms with Gasteiger partial charge in [-0.2, -0.15) is 10.2 Å². The highest BCUT2D eigenvalue weighted by atomic mass is 35.5. The molecule has 2 aromatic heterocycles. The Morgan fingerprint density at radius 1 is 1.15 bits per heavy atom. The fourth-order valence-corrected chi connectivity index (χ4v) is 11.4. The minimum absolute atomic E-state index is 0.0158. The summed E-state index contributed by atoms with van der Waals surface area (Å²) in [5.41, 5.74) is 3.44. The van der Waals surface area contributed by atoms with Crippen molar-refractivity contribution >= 4 is 55.7 Å². The maximum absolute atomic E-state index is 12.3. The van der Waals surface area contributed by atoms with Gasteiger partial charge in [-0.1, -0.05) is 29.8 Å². The Morgan fingerprint density at radius 2 is 1.89 bits per heavy atom. The molecule has 1 aromatic carbocycles. The summed E-state index contributed by atoms with van der Waals surface area (Å²) in [6.45, 7) is 15.3. The lowest BCUT2D eigenvalue weighted by molar-refractivity contribution is -0.127. The van der Waals surface area contributed by atoms with Crippen molar-refractivity contribution in [2.45, 2.75) is 64.5 Å². The summed E-state index contributed by atoms with van der Waals surface area (Å²) in [5.74, 6) is 2.07. The number of carbonyl (C=O) groups is 1. The molecule has 0 saturated carbocycles. The summed E-state index contributed by atoms with van der Waals surface area (Å²) >= 11 is 13.7. The molecule has 4 saturated heterocycles. The highest BCUT2D eigenvalue weighted by Gasteiger charge is 2.51. The predicted octanol–water partition coefficient (Wildman–Crippen LogP) is 5.51. The molecule has 0 radical (unpaired) electrons. The van der Waals surface area contributed by atoms with E-state index in [1.165, 1.54) is 6.08 Å². The number of fused-ring (bicyclic) bond motifs is 1. The van der Waals surface area contributed by atoms with Crippen LogP contribution in [0.1, 0.15) is 57.7 Å². The van der Waals surface area contributed by atoms with Gasteiger partial charge in [0.15, 0.2) is 15.7 Å². The molecular formula is C33H43Cl2N7O3S. The number of nitrogens with one attached hydrogen (secondary N) is 1. The number of likely N-dealkylation sites (tertiary alicyclic amines) is 2. The SMILES string of the molecule is C=CC(=O)N1CCC(n2nc(N3CC[C@@H](CN4CC5(CCS(=O)(=O)C5)C4)CC3(C)C)c(-c3c(Cl)c(Cl)cc4[nH]ncc34)c2C)CC1. The van der Waals surface area contributed by atoms with Gasteiger partial charge in [-0.05, 0) is 70.9 Å². The minimum atomic E-state index is -2.88. The zero-order valence-electron chi connectivity index (χ0n) is 26.9. The molecule has 1 amide bonds. The second-order valence-corrected chi connectivity index (χ2v) is 17.7. The van der Waals surface area contributed by atoms with E-state index in [4.69, 9.17) is 28.3 Å². The maximum atomic E-state index is 12.3. The van der Waals surface area contributed by atoms with Crippen molar-refractivity contribution in [3.05, 3.63) is 40.7 Å². The van der Waals surface area contributed by atoms with Gasteiger partial charge in [0.1, 0.15) is 0 Å². The number of rotatable bonds is 6. The average molecular weight is 689 g/mol. The topological polar surface area (TPSA) is 107 Å². The lowest BCUT2D eigenvalue weighted by Gasteiger charge is -2.52. The quantitative estimate of drug-likeness (QED) is 0.341. The Bertz CT molecular complexity index is 1800. The number of nitrogens with zero attached hydrogens (tertiary/aromatic N) is 6. The van der Waals surface area contributed by atoms with Crippen molar-refractivity contribution in [2.75, 3.05) is 55.7 Å². The van der Waals surface area contributed by atoms with Crippen LogP contribution in [0.4, 0.5) is 5.82 Å². The van der Waals surface area contributed by atoms with Crippen LogP contribution < -0.4 is 4.90 Å². The monoisotopic (exact) mass is 687 g/mol. The predicted molar refractivity (Wildman–Crippen MR) is 183 cm³/mol. The molecule has 1 N–H and O–H groups in total. The van der Waals surface area contributed by atoms with Gasteiger partial charge in [0, 0.05) is 72.4 Å². The lowest BCUT2D eigenvalue weighted by Crippen LogP contribution is -2.59. The van der Waals surface area contributed by atoms with Crippen LogP contribution in [0.2, 0.25) is 10.0 Å². The van der Waals surface area contributed by atoms with Gasteiger partial charge < -0.3 is 14.7 Å². The molecule has 6 heterocycles. The first-order chi connectivity index (χ1) is 21.8. The Morgan fingerprint density at radius 3 is 2.54 bits per heavy atom. The zero-order chi connectivity index (χ0) is 32.6. The van der Waals surface area contributed by atoms with E-state index in [0.29, 0.717) is 40.6 Å². The summed E-state index contributed by atoms with van der Waals surface area (Å²) in [7, 11) is -2.88. The van der Waals surface area contributed by atoms with E-state index < -0.39 is 9.84 Å². The molecule has 4 aliphatic rings. The molecule has 10 nitrogen and oxygen atoms in total. The van der Waals surface area contributed by atoms with Crippen molar-refractivity contribution in [3.8, 4) is 11.1 Å². The largest absolute Gasteiger partial charge is 0.349 e. The highest BCUT2D eigenvalue weighted by Crippen LogP contribution is 2.49. The second kappa shape index (κ2) is 11.5. The van der Waals surface area contributed by atoms with Gasteiger partial charge >= 0.3 is 0 Å². The van der Waals surface area contributed by atoms with E-state index in [1.807, 2.05) is 11.0 Å². The summed E-state index contributed by atoms with van der Waals surface area (Å²) in [4.78, 5) is 19.1. The van der Waals surface area contributed by atoms with Crippen molar-refractivity contribution in [1.82, 2.24) is 29.8 Å². The van der Waals surface area contributed by atoms with Crippen LogP contribution in [0, 0.1) is 18.3 Å². The van der Waals surface area contributed by atoms with Crippen LogP contribution in [0.15, 0.2) is 24.9 Å². The normalized spacial score (nSPS) is 24.5. The summed E-state index contributed by atoms with van der Waals surface area (Å²) < 4.78 is 26.4. The molecule has 1 spiro atoms. The Labute approximate surface area is 281 Å². The number of benzene rings is 1. The Hall–Kier alpha value is -2.60. The van der Waals surface area contributed by atoms with Crippen molar-refractivity contribution in [2.24, 2.45) is 11.3 Å². The summed E-state index contributed by atoms with van der Waals surface area (Å²) in [6.07, 6.45) is 7.61. The van der Waals surface area contributed by atoms with Crippen LogP contribution in [-0.2, 0) is 14.6 Å². The second-order valence-electron chi connectivity index (χ2n) is 14.7. The van der Waals surface area contributed by atoms with E-state index in [2.05, 4.69) is 52.0 Å². The van der Waals surface area contributed by atoms with Gasteiger partial charge in [-0.25, -0.2) is 8.42 Å². The number of aromatic nitrogens is 4. The number of H-pyrrole nitrogens is 1. The number of halogens is 2. The van der Waals surface area contributed by atoms with Gasteiger partial charge in [0.2, 0.25) is 5.91 Å². The molecule has 0 unspecified atom stereocenters. The molecular weight excluding hydrogens is 645 g/mol. The first-order valence-electron chi connectivity index (χ1n) is 16.3. The van der Waals surface area contributed by atoms with E-state index in [1.54, 1.807) is 6.20 Å². The van der Waals surface area contributed by atoms with Crippen LogP contribution in [0.25, 0.3) is 22.0 Å². The number of amides is 1. The molecule has 4 fully saturated rings. The van der Waals surface area contributed by atoms with Crippen LogP contribution >= 0.6 is 23.2 Å². The molecule has 46 heavy (non-hydrogen) atoms. The number of sulfone groups is 1. The third-order valence-corrected chi connectivity index (χ3v) is 13.6. The van der Waals surface area contributed by atoms with Crippen LogP contribution in [-0.4, -0.2) is 100 Å². The third-order valence-electron chi connectivity index (χ3n) is 11.0. The van der Waals surface area contributed by atoms with Crippen LogP contribution in [0.3, 0.4) is 0 Å². The molecule has 13 heteroatoms. The van der Waals surface area contributed by atoms with Crippen molar-refractivity contribution in [3.63, 3.8) is 0 Å². The maximum Gasteiger partial charge on any atom is 0.245 e. The fourth-order valence-electron chi connectivity index (χ4n) is 8.79. The molecule has 0 aliphatic carbocycles. The van der Waals surface area contributed by atoms with E-state index >= 15 is 0 Å². The minimum Gasteiger partial charge on any atom is -0.349 e. The lowest BCUT2D eigenvalue weighted by atomic mass is 9.77. The number of hydrogen-bond donors (Lipinski definition) is 1. The molecule has 7 rings (SSSR count). The number of anilines is 1. The number of piperidine rings is 2. The van der Waals surface area contributed by atoms with Crippen LogP contribution in [0.5, 0.6) is 0 Å². The van der Waals surface area contributed by atoms with E-state index in [-0.39, 0.29) is 22.9 Å². The Balaban J connectivity index is 1.19. The first kappa shape index (κ1) is 32.0. The van der Waals surface area contributed by atoms with E-state index in [9.17, 15) is 13.2 Å². The standard InChI is InChI=1S/C33H43Cl2N7O3S/c1-5-27(43)40-10-7-23(8-11-40)42-21(2)28(29-24-16-36-37-26(24)14-25(34)30(29)35)31(38-42)41-12-6-22(15-32(41,3)4)17-39-18-33(19-39)9-13-46(44,45)20-33/h5,14,16,22-23H,1,6-13,15,17-20H2,2-4H3,(H,36,37)/t22-/m1/s1. The van der Waals surface area contributed by atoms with Crippen molar-refractivity contribution in [1.29, 1.82) is 0 Å². The number of aromatic amines is 1. The molecule has 1 atom stereocenters. The summed E-state index contributed by atoms with van der Waals surface area (Å²) in [6, 6.07) is 1.95. The zero-order valence-corrected chi connectivity index (χ0v) is 29.2. The third kappa shape index (κ3) is 5.54. The van der Waals surface area contributed by atoms with E-state index in [0.717, 1.165) is 91.8 Å². The highest BCUT2D eigenvalue weighted by molar-refractivity contribution is 7.91. The number of carbonyl (C=O) groups excluding carboxylic acids is 1. The molecule has 4 aliphatic heterocycles. The average Bonchev–Trinajstić information content (AvgIpc) is 3.68. The van der Waals surface area contributed by atoms with Gasteiger partial charge in [0.25, 0.3) is 0 Å². The molecule has 0 bridgehead atoms. The number of hydrogen-bond acceptors (Lipinski definition) is 7.